The molecule has 0 fully saturated rings. The van der Waals surface area contributed by atoms with E-state index in [2.05, 4.69) is 20.3 Å². The average Bonchev–Trinajstić information content (AvgIpc) is 2.62. The van der Waals surface area contributed by atoms with Crippen molar-refractivity contribution >= 4 is 23.9 Å². The van der Waals surface area contributed by atoms with Gasteiger partial charge in [0.1, 0.15) is 23.0 Å². The highest BCUT2D eigenvalue weighted by Gasteiger charge is 2.09. The number of aromatic nitrogens is 3. The van der Waals surface area contributed by atoms with Gasteiger partial charge >= 0.3 is 0 Å². The minimum absolute atomic E-state index is 0. The van der Waals surface area contributed by atoms with Crippen molar-refractivity contribution in [3.05, 3.63) is 54.4 Å². The number of nitrogens with zero attached hydrogens (tertiary/aromatic N) is 3. The Bertz CT molecular complexity index is 844. The molecular weight excluding hydrogens is 340 g/mol. The zero-order valence-corrected chi connectivity index (χ0v) is 15.0. The van der Waals surface area contributed by atoms with E-state index in [0.29, 0.717) is 17.4 Å². The highest BCUT2D eigenvalue weighted by atomic mass is 35.5. The van der Waals surface area contributed by atoms with Crippen molar-refractivity contribution in [2.75, 3.05) is 19.5 Å². The Balaban J connectivity index is 0.00000225. The van der Waals surface area contributed by atoms with E-state index >= 15 is 0 Å². The number of methoxy groups -OCH3 is 2. The largest absolute Gasteiger partial charge is 0.497 e. The highest BCUT2D eigenvalue weighted by molar-refractivity contribution is 5.85. The molecule has 0 saturated heterocycles. The Labute approximate surface area is 152 Å². The number of halogens is 1. The monoisotopic (exact) mass is 358 g/mol. The Morgan fingerprint density at radius 2 is 1.80 bits per heavy atom. The lowest BCUT2D eigenvalue weighted by Gasteiger charge is -2.13. The summed E-state index contributed by atoms with van der Waals surface area (Å²) in [6.45, 7) is 1.92. The standard InChI is InChI=1S/C18H18N4O2.ClH/c1-12-10-17(22-18(20-12)15-6-4-5-9-19-15)21-14-8-7-13(23-2)11-16(14)24-3;/h4-11H,1-3H3,(H,20,21,22);1H. The molecule has 0 aliphatic carbocycles. The fourth-order valence-electron chi connectivity index (χ4n) is 2.28. The second-order valence-corrected chi connectivity index (χ2v) is 5.12. The fourth-order valence-corrected chi connectivity index (χ4v) is 2.28. The van der Waals surface area contributed by atoms with Crippen molar-refractivity contribution in [3.63, 3.8) is 0 Å². The molecule has 0 unspecified atom stereocenters. The Morgan fingerprint density at radius 1 is 0.960 bits per heavy atom. The Morgan fingerprint density at radius 3 is 2.48 bits per heavy atom. The van der Waals surface area contributed by atoms with Crippen molar-refractivity contribution in [2.45, 2.75) is 6.92 Å². The summed E-state index contributed by atoms with van der Waals surface area (Å²) in [6, 6.07) is 13.1. The number of hydrogen-bond acceptors (Lipinski definition) is 6. The second-order valence-electron chi connectivity index (χ2n) is 5.12. The third-order valence-corrected chi connectivity index (χ3v) is 3.42. The fraction of sp³-hybridized carbons (Fsp3) is 0.167. The second kappa shape index (κ2) is 8.30. The van der Waals surface area contributed by atoms with Gasteiger partial charge < -0.3 is 14.8 Å². The molecule has 1 N–H and O–H groups in total. The van der Waals surface area contributed by atoms with Gasteiger partial charge in [-0.05, 0) is 31.2 Å². The molecule has 0 amide bonds. The molecule has 0 saturated carbocycles. The third kappa shape index (κ3) is 4.36. The lowest BCUT2D eigenvalue weighted by molar-refractivity contribution is 0.395. The number of anilines is 2. The molecule has 0 radical (unpaired) electrons. The zero-order valence-electron chi connectivity index (χ0n) is 14.2. The smallest absolute Gasteiger partial charge is 0.180 e. The summed E-state index contributed by atoms with van der Waals surface area (Å²) < 4.78 is 10.6. The van der Waals surface area contributed by atoms with Gasteiger partial charge in [-0.3, -0.25) is 4.98 Å². The highest BCUT2D eigenvalue weighted by Crippen LogP contribution is 2.31. The van der Waals surface area contributed by atoms with Crippen LogP contribution >= 0.6 is 12.4 Å². The van der Waals surface area contributed by atoms with Crippen LogP contribution < -0.4 is 14.8 Å². The first kappa shape index (κ1) is 18.5. The maximum Gasteiger partial charge on any atom is 0.180 e. The SMILES string of the molecule is COc1ccc(Nc2cc(C)nc(-c3ccccn3)n2)c(OC)c1.Cl. The molecule has 3 aromatic rings. The van der Waals surface area contributed by atoms with E-state index in [9.17, 15) is 0 Å². The number of pyridine rings is 1. The van der Waals surface area contributed by atoms with Crippen molar-refractivity contribution < 1.29 is 9.47 Å². The minimum Gasteiger partial charge on any atom is -0.497 e. The molecule has 0 spiro atoms. The van der Waals surface area contributed by atoms with Gasteiger partial charge in [-0.15, -0.1) is 12.4 Å². The molecule has 0 aliphatic rings. The van der Waals surface area contributed by atoms with Crippen LogP contribution in [0.15, 0.2) is 48.7 Å². The van der Waals surface area contributed by atoms with E-state index < -0.39 is 0 Å². The van der Waals surface area contributed by atoms with Gasteiger partial charge in [0.05, 0.1) is 19.9 Å². The average molecular weight is 359 g/mol. The summed E-state index contributed by atoms with van der Waals surface area (Å²) in [5, 5.41) is 3.27. The zero-order chi connectivity index (χ0) is 16.9. The quantitative estimate of drug-likeness (QED) is 0.742. The summed E-state index contributed by atoms with van der Waals surface area (Å²) in [5.41, 5.74) is 2.37. The van der Waals surface area contributed by atoms with Crippen LogP contribution in [0.4, 0.5) is 11.5 Å². The van der Waals surface area contributed by atoms with Crippen molar-refractivity contribution in [2.24, 2.45) is 0 Å². The molecule has 130 valence electrons. The van der Waals surface area contributed by atoms with E-state index in [-0.39, 0.29) is 12.4 Å². The number of rotatable bonds is 5. The Hall–Kier alpha value is -2.86. The topological polar surface area (TPSA) is 69.2 Å². The molecule has 0 aliphatic heterocycles. The van der Waals surface area contributed by atoms with Gasteiger partial charge in [-0.2, -0.15) is 0 Å². The molecule has 1 aromatic carbocycles. The summed E-state index contributed by atoms with van der Waals surface area (Å²) >= 11 is 0. The lowest BCUT2D eigenvalue weighted by atomic mass is 10.2. The van der Waals surface area contributed by atoms with E-state index in [1.807, 2.05) is 49.4 Å². The normalized spacial score (nSPS) is 9.88. The first-order chi connectivity index (χ1) is 11.7. The summed E-state index contributed by atoms with van der Waals surface area (Å²) in [4.78, 5) is 13.3. The molecule has 25 heavy (non-hydrogen) atoms. The van der Waals surface area contributed by atoms with Gasteiger partial charge in [0.2, 0.25) is 0 Å². The minimum atomic E-state index is 0. The van der Waals surface area contributed by atoms with Crippen LogP contribution in [0.3, 0.4) is 0 Å². The molecular formula is C18H19ClN4O2. The van der Waals surface area contributed by atoms with Gasteiger partial charge in [0.15, 0.2) is 5.82 Å². The van der Waals surface area contributed by atoms with E-state index in [1.54, 1.807) is 20.4 Å². The van der Waals surface area contributed by atoms with Crippen LogP contribution in [0.1, 0.15) is 5.69 Å². The van der Waals surface area contributed by atoms with Crippen LogP contribution in [0, 0.1) is 6.92 Å². The van der Waals surface area contributed by atoms with Crippen LogP contribution in [-0.2, 0) is 0 Å². The lowest BCUT2D eigenvalue weighted by Crippen LogP contribution is -2.01. The van der Waals surface area contributed by atoms with Gasteiger partial charge in [0, 0.05) is 24.0 Å². The first-order valence-electron chi connectivity index (χ1n) is 7.46. The van der Waals surface area contributed by atoms with Crippen molar-refractivity contribution in [1.82, 2.24) is 15.0 Å². The van der Waals surface area contributed by atoms with Gasteiger partial charge in [-0.25, -0.2) is 9.97 Å². The van der Waals surface area contributed by atoms with E-state index in [0.717, 1.165) is 22.8 Å². The summed E-state index contributed by atoms with van der Waals surface area (Å²) in [7, 11) is 3.24. The van der Waals surface area contributed by atoms with Gasteiger partial charge in [-0.1, -0.05) is 6.07 Å². The number of aryl methyl sites for hydroxylation is 1. The summed E-state index contributed by atoms with van der Waals surface area (Å²) in [6.07, 6.45) is 1.72. The van der Waals surface area contributed by atoms with Crippen LogP contribution in [0.25, 0.3) is 11.5 Å². The molecule has 6 nitrogen and oxygen atoms in total. The first-order valence-corrected chi connectivity index (χ1v) is 7.46. The van der Waals surface area contributed by atoms with Gasteiger partial charge in [0.25, 0.3) is 0 Å². The molecule has 0 bridgehead atoms. The number of benzene rings is 1. The van der Waals surface area contributed by atoms with Crippen molar-refractivity contribution in [3.8, 4) is 23.0 Å². The summed E-state index contributed by atoms with van der Waals surface area (Å²) in [5.74, 6) is 2.65. The van der Waals surface area contributed by atoms with Crippen LogP contribution in [0.2, 0.25) is 0 Å². The number of hydrogen-bond donors (Lipinski definition) is 1. The van der Waals surface area contributed by atoms with Crippen LogP contribution in [-0.4, -0.2) is 29.2 Å². The van der Waals surface area contributed by atoms with E-state index in [4.69, 9.17) is 9.47 Å². The third-order valence-electron chi connectivity index (χ3n) is 3.42. The molecule has 3 rings (SSSR count). The van der Waals surface area contributed by atoms with E-state index in [1.165, 1.54) is 0 Å². The number of ether oxygens (including phenoxy) is 2. The predicted octanol–water partition coefficient (Wildman–Crippen LogP) is 4.03. The molecule has 0 atom stereocenters. The Kier molecular flexibility index (Phi) is 6.14. The molecule has 2 aromatic heterocycles. The predicted molar refractivity (Wildman–Crippen MR) is 100 cm³/mol. The van der Waals surface area contributed by atoms with Crippen molar-refractivity contribution in [1.29, 1.82) is 0 Å². The molecule has 2 heterocycles. The molecule has 7 heteroatoms. The maximum absolute atomic E-state index is 5.41. The maximum atomic E-state index is 5.41. The number of nitrogens with one attached hydrogen (secondary N) is 1. The van der Waals surface area contributed by atoms with Crippen LogP contribution in [0.5, 0.6) is 11.5 Å².